The van der Waals surface area contributed by atoms with E-state index in [1.165, 1.54) is 0 Å². The second kappa shape index (κ2) is 6.10. The monoisotopic (exact) mass is 270 g/mol. The molecule has 0 saturated carbocycles. The molecule has 2 rings (SSSR count). The number of hydrogen-bond donors (Lipinski definition) is 2. The van der Waals surface area contributed by atoms with Gasteiger partial charge in [0.2, 0.25) is 0 Å². The van der Waals surface area contributed by atoms with Crippen LogP contribution in [0.4, 0.5) is 17.1 Å². The summed E-state index contributed by atoms with van der Waals surface area (Å²) in [5.41, 5.74) is 3.89. The third-order valence-corrected chi connectivity index (χ3v) is 2.98. The maximum atomic E-state index is 10.6. The number of carbonyl (C=O) groups is 1. The highest BCUT2D eigenvalue weighted by Crippen LogP contribution is 2.20. The highest BCUT2D eigenvalue weighted by Gasteiger charge is 2.01. The minimum Gasteiger partial charge on any atom is -0.481 e. The zero-order valence-corrected chi connectivity index (χ0v) is 11.6. The van der Waals surface area contributed by atoms with E-state index in [2.05, 4.69) is 5.32 Å². The maximum absolute atomic E-state index is 10.6. The topological polar surface area (TPSA) is 52.6 Å². The molecule has 0 spiro atoms. The van der Waals surface area contributed by atoms with Crippen LogP contribution in [0, 0.1) is 0 Å². The molecule has 0 amide bonds. The van der Waals surface area contributed by atoms with Crippen molar-refractivity contribution in [2.75, 3.05) is 24.3 Å². The Kier molecular flexibility index (Phi) is 4.25. The third-order valence-electron chi connectivity index (χ3n) is 2.98. The number of nitrogens with zero attached hydrogens (tertiary/aromatic N) is 1. The van der Waals surface area contributed by atoms with Gasteiger partial charge in [0.15, 0.2) is 0 Å². The SMILES string of the molecule is CN(C)c1ccc(Nc2ccc(CC(=O)O)cc2)cc1. The van der Waals surface area contributed by atoms with Crippen molar-refractivity contribution in [1.82, 2.24) is 0 Å². The fourth-order valence-electron chi connectivity index (χ4n) is 1.89. The summed E-state index contributed by atoms with van der Waals surface area (Å²) in [4.78, 5) is 12.7. The molecule has 0 aliphatic heterocycles. The van der Waals surface area contributed by atoms with Gasteiger partial charge in [-0.15, -0.1) is 0 Å². The fraction of sp³-hybridized carbons (Fsp3) is 0.188. The number of hydrogen-bond acceptors (Lipinski definition) is 3. The highest BCUT2D eigenvalue weighted by atomic mass is 16.4. The summed E-state index contributed by atoms with van der Waals surface area (Å²) < 4.78 is 0. The molecule has 4 heteroatoms. The van der Waals surface area contributed by atoms with Gasteiger partial charge < -0.3 is 15.3 Å². The summed E-state index contributed by atoms with van der Waals surface area (Å²) in [5.74, 6) is -0.815. The van der Waals surface area contributed by atoms with E-state index in [-0.39, 0.29) is 6.42 Å². The van der Waals surface area contributed by atoms with Crippen molar-refractivity contribution in [1.29, 1.82) is 0 Å². The van der Waals surface area contributed by atoms with Gasteiger partial charge in [-0.1, -0.05) is 12.1 Å². The number of carboxylic acid groups (broad SMARTS) is 1. The molecule has 104 valence electrons. The molecule has 2 N–H and O–H groups in total. The van der Waals surface area contributed by atoms with Crippen molar-refractivity contribution in [3.8, 4) is 0 Å². The molecule has 4 nitrogen and oxygen atoms in total. The van der Waals surface area contributed by atoms with Crippen LogP contribution in [0.3, 0.4) is 0 Å². The largest absolute Gasteiger partial charge is 0.481 e. The average molecular weight is 270 g/mol. The Bertz CT molecular complexity index is 574. The standard InChI is InChI=1S/C16H18N2O2/c1-18(2)15-9-7-14(8-10-15)17-13-5-3-12(4-6-13)11-16(19)20/h3-10,17H,11H2,1-2H3,(H,19,20). The molecule has 0 atom stereocenters. The van der Waals surface area contributed by atoms with E-state index < -0.39 is 5.97 Å². The lowest BCUT2D eigenvalue weighted by molar-refractivity contribution is -0.136. The van der Waals surface area contributed by atoms with E-state index >= 15 is 0 Å². The summed E-state index contributed by atoms with van der Waals surface area (Å²) in [6, 6.07) is 15.5. The molecule has 0 radical (unpaired) electrons. The fourth-order valence-corrected chi connectivity index (χ4v) is 1.89. The predicted octanol–water partition coefficient (Wildman–Crippen LogP) is 3.12. The van der Waals surface area contributed by atoms with E-state index in [1.54, 1.807) is 0 Å². The molecule has 2 aromatic rings. The number of nitrogens with one attached hydrogen (secondary N) is 1. The normalized spacial score (nSPS) is 10.1. The van der Waals surface area contributed by atoms with Gasteiger partial charge in [-0.3, -0.25) is 4.79 Å². The van der Waals surface area contributed by atoms with Gasteiger partial charge in [-0.25, -0.2) is 0 Å². The van der Waals surface area contributed by atoms with E-state index in [9.17, 15) is 4.79 Å². The molecule has 0 aliphatic rings. The summed E-state index contributed by atoms with van der Waals surface area (Å²) in [6.07, 6.45) is 0.0534. The van der Waals surface area contributed by atoms with Crippen LogP contribution in [0.1, 0.15) is 5.56 Å². The first-order chi connectivity index (χ1) is 9.54. The number of carboxylic acids is 1. The van der Waals surface area contributed by atoms with Crippen molar-refractivity contribution in [2.45, 2.75) is 6.42 Å². The molecule has 0 saturated heterocycles. The minimum absolute atomic E-state index is 0.0534. The highest BCUT2D eigenvalue weighted by molar-refractivity contribution is 5.71. The van der Waals surface area contributed by atoms with Crippen LogP contribution in [-0.2, 0) is 11.2 Å². The van der Waals surface area contributed by atoms with Gasteiger partial charge in [0.05, 0.1) is 6.42 Å². The number of anilines is 3. The number of aliphatic carboxylic acids is 1. The van der Waals surface area contributed by atoms with Crippen LogP contribution in [0.25, 0.3) is 0 Å². The van der Waals surface area contributed by atoms with Crippen molar-refractivity contribution < 1.29 is 9.90 Å². The third kappa shape index (κ3) is 3.75. The molecule has 0 bridgehead atoms. The van der Waals surface area contributed by atoms with Crippen LogP contribution < -0.4 is 10.2 Å². The van der Waals surface area contributed by atoms with Gasteiger partial charge in [0, 0.05) is 31.2 Å². The Labute approximate surface area is 118 Å². The molecule has 20 heavy (non-hydrogen) atoms. The van der Waals surface area contributed by atoms with E-state index in [0.717, 1.165) is 22.6 Å². The molecule has 0 aliphatic carbocycles. The summed E-state index contributed by atoms with van der Waals surface area (Å²) in [7, 11) is 4.01. The van der Waals surface area contributed by atoms with E-state index in [0.29, 0.717) is 0 Å². The molecular weight excluding hydrogens is 252 g/mol. The molecule has 0 unspecified atom stereocenters. The Morgan fingerprint density at radius 1 is 1.00 bits per heavy atom. The summed E-state index contributed by atoms with van der Waals surface area (Å²) >= 11 is 0. The predicted molar refractivity (Wildman–Crippen MR) is 81.8 cm³/mol. The first kappa shape index (κ1) is 13.9. The van der Waals surface area contributed by atoms with Crippen LogP contribution >= 0.6 is 0 Å². The summed E-state index contributed by atoms with van der Waals surface area (Å²) in [6.45, 7) is 0. The van der Waals surface area contributed by atoms with Gasteiger partial charge in [0.1, 0.15) is 0 Å². The Hall–Kier alpha value is -2.49. The van der Waals surface area contributed by atoms with Crippen LogP contribution in [-0.4, -0.2) is 25.2 Å². The van der Waals surface area contributed by atoms with Crippen LogP contribution in [0.2, 0.25) is 0 Å². The van der Waals surface area contributed by atoms with Crippen LogP contribution in [0.15, 0.2) is 48.5 Å². The molecule has 0 heterocycles. The molecule has 0 aromatic heterocycles. The van der Waals surface area contributed by atoms with E-state index in [4.69, 9.17) is 5.11 Å². The van der Waals surface area contributed by atoms with Crippen molar-refractivity contribution in [2.24, 2.45) is 0 Å². The van der Waals surface area contributed by atoms with Crippen molar-refractivity contribution in [3.63, 3.8) is 0 Å². The van der Waals surface area contributed by atoms with E-state index in [1.807, 2.05) is 67.5 Å². The quantitative estimate of drug-likeness (QED) is 0.876. The zero-order chi connectivity index (χ0) is 14.5. The first-order valence-corrected chi connectivity index (χ1v) is 6.40. The Morgan fingerprint density at radius 2 is 1.50 bits per heavy atom. The number of rotatable bonds is 5. The lowest BCUT2D eigenvalue weighted by Crippen LogP contribution is -2.08. The van der Waals surface area contributed by atoms with Crippen LogP contribution in [0.5, 0.6) is 0 Å². The first-order valence-electron chi connectivity index (χ1n) is 6.40. The van der Waals surface area contributed by atoms with Crippen molar-refractivity contribution >= 4 is 23.0 Å². The molecule has 2 aromatic carbocycles. The summed E-state index contributed by atoms with van der Waals surface area (Å²) in [5, 5.41) is 12.0. The Balaban J connectivity index is 2.04. The second-order valence-electron chi connectivity index (χ2n) is 4.83. The average Bonchev–Trinajstić information content (AvgIpc) is 2.41. The van der Waals surface area contributed by atoms with Gasteiger partial charge in [-0.05, 0) is 42.0 Å². The Morgan fingerprint density at radius 3 is 1.95 bits per heavy atom. The zero-order valence-electron chi connectivity index (χ0n) is 11.6. The lowest BCUT2D eigenvalue weighted by atomic mass is 10.1. The van der Waals surface area contributed by atoms with Crippen molar-refractivity contribution in [3.05, 3.63) is 54.1 Å². The number of benzene rings is 2. The maximum Gasteiger partial charge on any atom is 0.307 e. The second-order valence-corrected chi connectivity index (χ2v) is 4.83. The smallest absolute Gasteiger partial charge is 0.307 e. The molecule has 0 fully saturated rings. The minimum atomic E-state index is -0.815. The van der Waals surface area contributed by atoms with Gasteiger partial charge in [0.25, 0.3) is 0 Å². The van der Waals surface area contributed by atoms with Gasteiger partial charge in [-0.2, -0.15) is 0 Å². The molecular formula is C16H18N2O2. The lowest BCUT2D eigenvalue weighted by Gasteiger charge is -2.13. The van der Waals surface area contributed by atoms with Gasteiger partial charge >= 0.3 is 5.97 Å².